The number of rotatable bonds is 4. The molecule has 0 aliphatic heterocycles. The Morgan fingerprint density at radius 2 is 1.48 bits per heavy atom. The van der Waals surface area contributed by atoms with E-state index < -0.39 is 9.84 Å². The van der Waals surface area contributed by atoms with Gasteiger partial charge in [-0.25, -0.2) is 18.4 Å². The minimum atomic E-state index is -3.49. The van der Waals surface area contributed by atoms with E-state index in [0.717, 1.165) is 6.26 Å². The minimum Gasteiger partial charge on any atom is -0.493 e. The fourth-order valence-electron chi connectivity index (χ4n) is 1.90. The highest BCUT2D eigenvalue weighted by Crippen LogP contribution is 2.32. The number of sulfone groups is 1. The van der Waals surface area contributed by atoms with Gasteiger partial charge >= 0.3 is 0 Å². The Hall–Kier alpha value is -2.09. The second-order valence-electron chi connectivity index (χ2n) is 4.71. The molecule has 0 fully saturated rings. The van der Waals surface area contributed by atoms with E-state index in [1.807, 2.05) is 0 Å². The van der Waals surface area contributed by atoms with Gasteiger partial charge in [-0.15, -0.1) is 0 Å². The molecule has 1 aromatic carbocycles. The van der Waals surface area contributed by atoms with Crippen LogP contribution >= 0.6 is 0 Å². The van der Waals surface area contributed by atoms with E-state index in [1.165, 1.54) is 14.2 Å². The SMILES string of the molecule is COc1cc2nc(N(C)C)c(S(C)(=O)=O)nc2cc1OC. The number of aromatic nitrogens is 2. The van der Waals surface area contributed by atoms with E-state index in [2.05, 4.69) is 9.97 Å². The zero-order valence-electron chi connectivity index (χ0n) is 12.5. The molecule has 0 amide bonds. The van der Waals surface area contributed by atoms with Gasteiger partial charge in [0.25, 0.3) is 0 Å². The quantitative estimate of drug-likeness (QED) is 0.836. The van der Waals surface area contributed by atoms with E-state index in [4.69, 9.17) is 9.47 Å². The monoisotopic (exact) mass is 311 g/mol. The number of ether oxygens (including phenoxy) is 2. The topological polar surface area (TPSA) is 81.6 Å². The first-order chi connectivity index (χ1) is 9.77. The third kappa shape index (κ3) is 2.85. The molecule has 0 atom stereocenters. The van der Waals surface area contributed by atoms with Gasteiger partial charge in [0.2, 0.25) is 0 Å². The van der Waals surface area contributed by atoms with Crippen molar-refractivity contribution >= 4 is 26.7 Å². The zero-order valence-corrected chi connectivity index (χ0v) is 13.4. The van der Waals surface area contributed by atoms with Crippen molar-refractivity contribution in [2.75, 3.05) is 39.5 Å². The Balaban J connectivity index is 2.84. The fourth-order valence-corrected chi connectivity index (χ4v) is 2.72. The molecule has 1 heterocycles. The van der Waals surface area contributed by atoms with Crippen LogP contribution in [0.2, 0.25) is 0 Å². The lowest BCUT2D eigenvalue weighted by molar-refractivity contribution is 0.355. The number of hydrogen-bond donors (Lipinski definition) is 0. The molecule has 0 aliphatic carbocycles. The van der Waals surface area contributed by atoms with Crippen molar-refractivity contribution in [2.45, 2.75) is 5.03 Å². The standard InChI is InChI=1S/C13H17N3O4S/c1-16(2)12-13(21(5,17)18)15-9-7-11(20-4)10(19-3)6-8(9)14-12/h6-7H,1-5H3. The van der Waals surface area contributed by atoms with Crippen LogP contribution in [0.25, 0.3) is 11.0 Å². The molecule has 0 N–H and O–H groups in total. The molecule has 21 heavy (non-hydrogen) atoms. The maximum atomic E-state index is 11.9. The Labute approximate surface area is 123 Å². The lowest BCUT2D eigenvalue weighted by Crippen LogP contribution is -2.17. The summed E-state index contributed by atoms with van der Waals surface area (Å²) in [5, 5.41) is -0.0628. The molecule has 0 aliphatic rings. The predicted octanol–water partition coefficient (Wildman–Crippen LogP) is 1.12. The summed E-state index contributed by atoms with van der Waals surface area (Å²) in [5.41, 5.74) is 0.961. The van der Waals surface area contributed by atoms with E-state index in [-0.39, 0.29) is 10.8 Å². The van der Waals surface area contributed by atoms with Gasteiger partial charge in [-0.1, -0.05) is 0 Å². The molecule has 0 spiro atoms. The van der Waals surface area contributed by atoms with Crippen LogP contribution in [-0.4, -0.2) is 53.0 Å². The number of fused-ring (bicyclic) bond motifs is 1. The largest absolute Gasteiger partial charge is 0.493 e. The Bertz CT molecular complexity index is 788. The summed E-state index contributed by atoms with van der Waals surface area (Å²) in [6.45, 7) is 0. The van der Waals surface area contributed by atoms with E-state index in [9.17, 15) is 8.42 Å². The summed E-state index contributed by atoms with van der Waals surface area (Å²) >= 11 is 0. The van der Waals surface area contributed by atoms with Gasteiger partial charge in [-0.05, 0) is 0 Å². The van der Waals surface area contributed by atoms with Crippen molar-refractivity contribution in [3.05, 3.63) is 12.1 Å². The number of nitrogens with zero attached hydrogens (tertiary/aromatic N) is 3. The fraction of sp³-hybridized carbons (Fsp3) is 0.385. The van der Waals surface area contributed by atoms with E-state index in [1.54, 1.807) is 31.1 Å². The molecule has 1 aromatic heterocycles. The Kier molecular flexibility index (Phi) is 3.91. The van der Waals surface area contributed by atoms with Crippen LogP contribution in [0, 0.1) is 0 Å². The summed E-state index contributed by atoms with van der Waals surface area (Å²) in [6.07, 6.45) is 1.11. The first-order valence-electron chi connectivity index (χ1n) is 6.09. The average molecular weight is 311 g/mol. The van der Waals surface area contributed by atoms with Gasteiger partial charge in [0, 0.05) is 32.5 Å². The first kappa shape index (κ1) is 15.3. The van der Waals surface area contributed by atoms with Crippen LogP contribution in [0.3, 0.4) is 0 Å². The van der Waals surface area contributed by atoms with E-state index >= 15 is 0 Å². The van der Waals surface area contributed by atoms with Crippen molar-refractivity contribution in [2.24, 2.45) is 0 Å². The molecule has 2 rings (SSSR count). The van der Waals surface area contributed by atoms with Gasteiger partial charge in [0.1, 0.15) is 0 Å². The molecular formula is C13H17N3O4S. The van der Waals surface area contributed by atoms with E-state index in [0.29, 0.717) is 22.5 Å². The van der Waals surface area contributed by atoms with Crippen LogP contribution in [0.4, 0.5) is 5.82 Å². The molecule has 8 heteroatoms. The van der Waals surface area contributed by atoms with Gasteiger partial charge in [0.05, 0.1) is 25.3 Å². The molecular weight excluding hydrogens is 294 g/mol. The number of benzene rings is 1. The van der Waals surface area contributed by atoms with Crippen molar-refractivity contribution in [1.82, 2.24) is 9.97 Å². The highest BCUT2D eigenvalue weighted by atomic mass is 32.2. The molecule has 0 saturated heterocycles. The minimum absolute atomic E-state index is 0.0628. The van der Waals surface area contributed by atoms with Crippen LogP contribution in [0.1, 0.15) is 0 Å². The number of anilines is 1. The summed E-state index contributed by atoms with van der Waals surface area (Å²) in [6, 6.07) is 3.27. The lowest BCUT2D eigenvalue weighted by Gasteiger charge is -2.16. The molecule has 0 unspecified atom stereocenters. The van der Waals surface area contributed by atoms with Crippen molar-refractivity contribution in [3.63, 3.8) is 0 Å². The average Bonchev–Trinajstić information content (AvgIpc) is 2.43. The van der Waals surface area contributed by atoms with Crippen molar-refractivity contribution < 1.29 is 17.9 Å². The number of methoxy groups -OCH3 is 2. The van der Waals surface area contributed by atoms with Crippen LogP contribution < -0.4 is 14.4 Å². The van der Waals surface area contributed by atoms with Crippen LogP contribution in [-0.2, 0) is 9.84 Å². The van der Waals surface area contributed by atoms with Gasteiger partial charge in [-0.2, -0.15) is 0 Å². The lowest BCUT2D eigenvalue weighted by atomic mass is 10.2. The Morgan fingerprint density at radius 1 is 1.00 bits per heavy atom. The Morgan fingerprint density at radius 3 is 1.86 bits per heavy atom. The van der Waals surface area contributed by atoms with Gasteiger partial charge < -0.3 is 14.4 Å². The maximum absolute atomic E-state index is 11.9. The molecule has 0 radical (unpaired) electrons. The van der Waals surface area contributed by atoms with Crippen molar-refractivity contribution in [1.29, 1.82) is 0 Å². The number of hydrogen-bond acceptors (Lipinski definition) is 7. The normalized spacial score (nSPS) is 11.5. The second kappa shape index (κ2) is 5.36. The third-order valence-corrected chi connectivity index (χ3v) is 3.87. The first-order valence-corrected chi connectivity index (χ1v) is 7.98. The van der Waals surface area contributed by atoms with Gasteiger partial charge in [-0.3, -0.25) is 0 Å². The molecule has 2 aromatic rings. The summed E-state index contributed by atoms with van der Waals surface area (Å²) in [7, 11) is 2.96. The van der Waals surface area contributed by atoms with Crippen LogP contribution in [0.15, 0.2) is 17.2 Å². The summed E-state index contributed by atoms with van der Waals surface area (Å²) in [5.74, 6) is 1.27. The smallest absolute Gasteiger partial charge is 0.198 e. The summed E-state index contributed by atoms with van der Waals surface area (Å²) < 4.78 is 34.2. The summed E-state index contributed by atoms with van der Waals surface area (Å²) in [4.78, 5) is 10.2. The van der Waals surface area contributed by atoms with Gasteiger partial charge in [0.15, 0.2) is 32.2 Å². The van der Waals surface area contributed by atoms with Crippen LogP contribution in [0.5, 0.6) is 11.5 Å². The second-order valence-corrected chi connectivity index (χ2v) is 6.65. The molecule has 114 valence electrons. The predicted molar refractivity (Wildman–Crippen MR) is 80.1 cm³/mol. The van der Waals surface area contributed by atoms with Crippen molar-refractivity contribution in [3.8, 4) is 11.5 Å². The molecule has 7 nitrogen and oxygen atoms in total. The molecule has 0 saturated carbocycles. The third-order valence-electron chi connectivity index (χ3n) is 2.90. The highest BCUT2D eigenvalue weighted by molar-refractivity contribution is 7.90. The maximum Gasteiger partial charge on any atom is 0.198 e. The zero-order chi connectivity index (χ0) is 15.8. The molecule has 0 bridgehead atoms. The highest BCUT2D eigenvalue weighted by Gasteiger charge is 2.21.